The first-order chi connectivity index (χ1) is 12.8. The predicted octanol–water partition coefficient (Wildman–Crippen LogP) is 4.33. The Kier molecular flexibility index (Phi) is 11.2. The Balaban J connectivity index is 0.000000288. The highest BCUT2D eigenvalue weighted by Crippen LogP contribution is 2.06. The number of piperidine rings is 1. The molecular weight excluding hydrogens is 340 g/mol. The van der Waals surface area contributed by atoms with E-state index in [1.807, 2.05) is 60.7 Å². The minimum Gasteiger partial charge on any atom is -0.463 e. The number of oxime groups is 1. The lowest BCUT2D eigenvalue weighted by molar-refractivity contribution is -0.129. The van der Waals surface area contributed by atoms with Crippen LogP contribution in [0.1, 0.15) is 38.3 Å². The third kappa shape index (κ3) is 9.56. The first-order valence-electron chi connectivity index (χ1n) is 8.82. The second kappa shape index (κ2) is 13.5. The van der Waals surface area contributed by atoms with Crippen molar-refractivity contribution in [2.24, 2.45) is 5.16 Å². The summed E-state index contributed by atoms with van der Waals surface area (Å²) in [7, 11) is 0. The molecule has 2 aromatic rings. The zero-order valence-electron chi connectivity index (χ0n) is 15.1. The van der Waals surface area contributed by atoms with Crippen LogP contribution >= 0.6 is 0 Å². The summed E-state index contributed by atoms with van der Waals surface area (Å²) in [4.78, 5) is 15.1. The molecular formula is C22H30N2O3. The van der Waals surface area contributed by atoms with Crippen LogP contribution in [0.25, 0.3) is 0 Å². The van der Waals surface area contributed by atoms with Crippen molar-refractivity contribution in [2.75, 3.05) is 6.54 Å². The van der Waals surface area contributed by atoms with Crippen molar-refractivity contribution in [3.63, 3.8) is 0 Å². The van der Waals surface area contributed by atoms with Crippen molar-refractivity contribution >= 4 is 12.2 Å². The Hall–Kier alpha value is -2.66. The Bertz CT molecular complexity index is 650. The molecule has 5 nitrogen and oxygen atoms in total. The van der Waals surface area contributed by atoms with Crippen molar-refractivity contribution in [3.8, 4) is 0 Å². The van der Waals surface area contributed by atoms with Gasteiger partial charge in [-0.15, -0.1) is 0 Å². The molecule has 0 bridgehead atoms. The Morgan fingerprint density at radius 3 is 2.15 bits per heavy atom. The monoisotopic (exact) mass is 370 g/mol. The second-order valence-electron chi connectivity index (χ2n) is 6.13. The number of hydrogen-bond donors (Lipinski definition) is 1. The van der Waals surface area contributed by atoms with Crippen molar-refractivity contribution in [1.82, 2.24) is 5.32 Å². The summed E-state index contributed by atoms with van der Waals surface area (Å²) in [6.07, 6.45) is 2.19. The van der Waals surface area contributed by atoms with Gasteiger partial charge in [0.2, 0.25) is 0 Å². The average Bonchev–Trinajstić information content (AvgIpc) is 2.70. The summed E-state index contributed by atoms with van der Waals surface area (Å²) < 4.78 is 4.54. The van der Waals surface area contributed by atoms with Gasteiger partial charge in [-0.2, -0.15) is 0 Å². The van der Waals surface area contributed by atoms with Crippen LogP contribution in [-0.4, -0.2) is 24.8 Å². The van der Waals surface area contributed by atoms with Gasteiger partial charge < -0.3 is 14.9 Å². The first kappa shape index (κ1) is 22.4. The van der Waals surface area contributed by atoms with E-state index in [1.54, 1.807) is 0 Å². The summed E-state index contributed by atoms with van der Waals surface area (Å²) in [5.74, 6) is 0. The van der Waals surface area contributed by atoms with E-state index < -0.39 is 0 Å². The van der Waals surface area contributed by atoms with Crippen molar-refractivity contribution < 1.29 is 14.4 Å². The van der Waals surface area contributed by atoms with Crippen LogP contribution in [0.15, 0.2) is 65.8 Å². The van der Waals surface area contributed by atoms with Gasteiger partial charge in [-0.3, -0.25) is 4.79 Å². The molecule has 1 atom stereocenters. The molecule has 1 fully saturated rings. The molecule has 0 spiro atoms. The quantitative estimate of drug-likeness (QED) is 0.607. The van der Waals surface area contributed by atoms with Crippen molar-refractivity contribution in [3.05, 3.63) is 71.8 Å². The van der Waals surface area contributed by atoms with Gasteiger partial charge in [-0.25, -0.2) is 0 Å². The summed E-state index contributed by atoms with van der Waals surface area (Å²) in [5.41, 5.74) is 3.28. The minimum absolute atomic E-state index is 0. The molecule has 3 rings (SSSR count). The summed E-state index contributed by atoms with van der Waals surface area (Å²) in [6, 6.07) is 20.3. The average molecular weight is 370 g/mol. The molecule has 1 N–H and O–H groups in total. The number of ether oxygens (including phenoxy) is 1. The molecule has 1 heterocycles. The molecule has 0 aromatic heterocycles. The number of carbonyl (C=O) groups excluding carboxylic acids is 1. The smallest absolute Gasteiger partial charge is 0.293 e. The minimum atomic E-state index is 0. The molecule has 2 aromatic carbocycles. The van der Waals surface area contributed by atoms with Gasteiger partial charge in [-0.05, 0) is 30.9 Å². The summed E-state index contributed by atoms with van der Waals surface area (Å²) in [5, 5.41) is 7.54. The molecule has 0 amide bonds. The van der Waals surface area contributed by atoms with Gasteiger partial charge in [-0.1, -0.05) is 73.2 Å². The van der Waals surface area contributed by atoms with Gasteiger partial charge in [0, 0.05) is 12.6 Å². The Morgan fingerprint density at radius 2 is 1.63 bits per heavy atom. The molecule has 1 unspecified atom stereocenters. The molecule has 1 aliphatic rings. The first-order valence-corrected chi connectivity index (χ1v) is 8.82. The highest BCUT2D eigenvalue weighted by molar-refractivity contribution is 5.86. The van der Waals surface area contributed by atoms with Gasteiger partial charge in [0.25, 0.3) is 6.47 Å². The molecule has 0 saturated carbocycles. The van der Waals surface area contributed by atoms with E-state index in [4.69, 9.17) is 4.84 Å². The van der Waals surface area contributed by atoms with E-state index in [2.05, 4.69) is 22.1 Å². The molecule has 1 saturated heterocycles. The number of benzene rings is 2. The SMILES string of the molecule is C.CC1CC/C(=N/OCc2ccccc2)CN1.O=COCc1ccccc1. The molecule has 27 heavy (non-hydrogen) atoms. The van der Waals surface area contributed by atoms with Gasteiger partial charge >= 0.3 is 0 Å². The van der Waals surface area contributed by atoms with Crippen molar-refractivity contribution in [2.45, 2.75) is 46.4 Å². The van der Waals surface area contributed by atoms with E-state index >= 15 is 0 Å². The maximum Gasteiger partial charge on any atom is 0.293 e. The third-order valence-corrected chi connectivity index (χ3v) is 3.95. The highest BCUT2D eigenvalue weighted by atomic mass is 16.6. The number of nitrogens with one attached hydrogen (secondary N) is 1. The second-order valence-corrected chi connectivity index (χ2v) is 6.13. The van der Waals surface area contributed by atoms with E-state index in [0.29, 0.717) is 25.7 Å². The van der Waals surface area contributed by atoms with Crippen LogP contribution in [0.4, 0.5) is 0 Å². The summed E-state index contributed by atoms with van der Waals surface area (Å²) >= 11 is 0. The van der Waals surface area contributed by atoms with E-state index in [9.17, 15) is 4.79 Å². The number of rotatable bonds is 6. The lowest BCUT2D eigenvalue weighted by atomic mass is 10.1. The maximum absolute atomic E-state index is 9.76. The Labute approximate surface area is 162 Å². The fraction of sp³-hybridized carbons (Fsp3) is 0.364. The van der Waals surface area contributed by atoms with Crippen LogP contribution in [0, 0.1) is 0 Å². The lowest BCUT2D eigenvalue weighted by Crippen LogP contribution is -2.37. The van der Waals surface area contributed by atoms with Gasteiger partial charge in [0.05, 0.1) is 5.71 Å². The van der Waals surface area contributed by atoms with Crippen LogP contribution in [0.2, 0.25) is 0 Å². The van der Waals surface area contributed by atoms with Crippen LogP contribution < -0.4 is 5.32 Å². The molecule has 1 aliphatic heterocycles. The third-order valence-electron chi connectivity index (χ3n) is 3.95. The van der Waals surface area contributed by atoms with Crippen LogP contribution in [0.5, 0.6) is 0 Å². The van der Waals surface area contributed by atoms with Crippen LogP contribution in [0.3, 0.4) is 0 Å². The van der Waals surface area contributed by atoms with E-state index in [-0.39, 0.29) is 7.43 Å². The fourth-order valence-electron chi connectivity index (χ4n) is 2.42. The highest BCUT2D eigenvalue weighted by Gasteiger charge is 2.12. The predicted molar refractivity (Wildman–Crippen MR) is 109 cm³/mol. The van der Waals surface area contributed by atoms with Crippen molar-refractivity contribution in [1.29, 1.82) is 0 Å². The summed E-state index contributed by atoms with van der Waals surface area (Å²) in [6.45, 7) is 4.43. The zero-order valence-corrected chi connectivity index (χ0v) is 15.1. The van der Waals surface area contributed by atoms with Gasteiger partial charge in [0.1, 0.15) is 13.2 Å². The standard InChI is InChI=1S/C13H18N2O.C8H8O2.CH4/c1-11-7-8-13(9-14-11)15-16-10-12-5-3-2-4-6-12;9-7-10-6-8-4-2-1-3-5-8;/h2-6,11,14H,7-10H2,1H3;1-5,7H,6H2;1H4/b15-13-;;. The molecule has 0 aliphatic carbocycles. The topological polar surface area (TPSA) is 59.9 Å². The number of hydrogen-bond acceptors (Lipinski definition) is 5. The van der Waals surface area contributed by atoms with Crippen LogP contribution in [-0.2, 0) is 27.6 Å². The number of nitrogens with zero attached hydrogens (tertiary/aromatic N) is 1. The Morgan fingerprint density at radius 1 is 1.04 bits per heavy atom. The number of carbonyl (C=O) groups is 1. The largest absolute Gasteiger partial charge is 0.463 e. The molecule has 0 radical (unpaired) electrons. The zero-order chi connectivity index (χ0) is 18.5. The molecule has 146 valence electrons. The normalized spacial score (nSPS) is 17.1. The fourth-order valence-corrected chi connectivity index (χ4v) is 2.42. The lowest BCUT2D eigenvalue weighted by Gasteiger charge is -2.20. The molecule has 5 heteroatoms. The van der Waals surface area contributed by atoms with Gasteiger partial charge in [0.15, 0.2) is 0 Å². The maximum atomic E-state index is 9.76. The van der Waals surface area contributed by atoms with E-state index in [1.165, 1.54) is 0 Å². The van der Waals surface area contributed by atoms with E-state index in [0.717, 1.165) is 36.2 Å².